The van der Waals surface area contributed by atoms with E-state index in [0.717, 1.165) is 6.42 Å². The van der Waals surface area contributed by atoms with Crippen molar-refractivity contribution < 1.29 is 4.79 Å². The van der Waals surface area contributed by atoms with Crippen molar-refractivity contribution in [2.75, 3.05) is 0 Å². The Morgan fingerprint density at radius 1 is 1.55 bits per heavy atom. The van der Waals surface area contributed by atoms with Crippen LogP contribution in [0.15, 0.2) is 12.2 Å². The second kappa shape index (κ2) is 1.96. The van der Waals surface area contributed by atoms with Crippen LogP contribution < -0.4 is 0 Å². The van der Waals surface area contributed by atoms with Gasteiger partial charge in [-0.3, -0.25) is 4.79 Å². The van der Waals surface area contributed by atoms with Crippen LogP contribution in [-0.4, -0.2) is 5.78 Å². The third kappa shape index (κ3) is 0.867. The highest BCUT2D eigenvalue weighted by atomic mass is 16.1. The number of carbonyl (C=O) groups is 1. The van der Waals surface area contributed by atoms with Crippen LogP contribution in [-0.2, 0) is 4.79 Å². The first-order valence-electron chi connectivity index (χ1n) is 4.34. The van der Waals surface area contributed by atoms with E-state index in [-0.39, 0.29) is 0 Å². The Morgan fingerprint density at radius 2 is 2.27 bits per heavy atom. The molecule has 2 aliphatic carbocycles. The average molecular weight is 150 g/mol. The van der Waals surface area contributed by atoms with Crippen LogP contribution in [0.5, 0.6) is 0 Å². The first-order chi connectivity index (χ1) is 5.14. The van der Waals surface area contributed by atoms with Gasteiger partial charge in [0.15, 0.2) is 5.78 Å². The number of rotatable bonds is 0. The number of ketones is 1. The van der Waals surface area contributed by atoms with Crippen LogP contribution in [0, 0.1) is 17.3 Å². The Hall–Kier alpha value is -0.590. The molecule has 0 aliphatic heterocycles. The summed E-state index contributed by atoms with van der Waals surface area (Å²) in [5.74, 6) is 1.38. The van der Waals surface area contributed by atoms with E-state index >= 15 is 0 Å². The van der Waals surface area contributed by atoms with Gasteiger partial charge in [0, 0.05) is 5.92 Å². The quantitative estimate of drug-likeness (QED) is 0.517. The van der Waals surface area contributed by atoms with Crippen LogP contribution in [0.25, 0.3) is 0 Å². The molecule has 2 atom stereocenters. The van der Waals surface area contributed by atoms with Crippen LogP contribution in [0.4, 0.5) is 0 Å². The predicted octanol–water partition coefficient (Wildman–Crippen LogP) is 2.18. The largest absolute Gasteiger partial charge is 0.295 e. The monoisotopic (exact) mass is 150 g/mol. The van der Waals surface area contributed by atoms with Gasteiger partial charge in [0.2, 0.25) is 0 Å². The van der Waals surface area contributed by atoms with Gasteiger partial charge >= 0.3 is 0 Å². The Bertz CT molecular complexity index is 225. The van der Waals surface area contributed by atoms with Gasteiger partial charge in [-0.2, -0.15) is 0 Å². The minimum atomic E-state index is 0.307. The molecule has 0 bridgehead atoms. The van der Waals surface area contributed by atoms with Crippen molar-refractivity contribution in [2.45, 2.75) is 26.7 Å². The third-order valence-corrected chi connectivity index (χ3v) is 3.28. The molecule has 0 radical (unpaired) electrons. The second-order valence-electron chi connectivity index (χ2n) is 4.29. The zero-order valence-electron chi connectivity index (χ0n) is 7.13. The number of allylic oxidation sites excluding steroid dienone is 2. The number of hydrogen-bond acceptors (Lipinski definition) is 1. The van der Waals surface area contributed by atoms with E-state index in [4.69, 9.17) is 0 Å². The Labute approximate surface area is 67.5 Å². The lowest BCUT2D eigenvalue weighted by atomic mass is 10.0. The summed E-state index contributed by atoms with van der Waals surface area (Å²) < 4.78 is 0. The van der Waals surface area contributed by atoms with Crippen molar-refractivity contribution >= 4 is 5.78 Å². The normalized spacial score (nSPS) is 39.6. The van der Waals surface area contributed by atoms with Gasteiger partial charge in [0.05, 0.1) is 0 Å². The van der Waals surface area contributed by atoms with Crippen LogP contribution in [0.3, 0.4) is 0 Å². The molecule has 0 amide bonds. The molecule has 0 aromatic carbocycles. The molecule has 0 heterocycles. The molecule has 60 valence electrons. The average Bonchev–Trinajstić information content (AvgIpc) is 2.52. The SMILES string of the molecule is CC1(C)C2CCC=CC(=O)C21. The highest BCUT2D eigenvalue weighted by Crippen LogP contribution is 2.61. The summed E-state index contributed by atoms with van der Waals surface area (Å²) in [6.07, 6.45) is 6.10. The topological polar surface area (TPSA) is 17.1 Å². The standard InChI is InChI=1S/C10H14O/c1-10(2)7-5-3-4-6-8(11)9(7)10/h4,6-7,9H,3,5H2,1-2H3. The molecule has 1 fully saturated rings. The van der Waals surface area contributed by atoms with Crippen LogP contribution >= 0.6 is 0 Å². The highest BCUT2D eigenvalue weighted by Gasteiger charge is 2.60. The van der Waals surface area contributed by atoms with Gasteiger partial charge < -0.3 is 0 Å². The lowest BCUT2D eigenvalue weighted by molar-refractivity contribution is -0.116. The smallest absolute Gasteiger partial charge is 0.159 e. The first-order valence-corrected chi connectivity index (χ1v) is 4.34. The maximum atomic E-state index is 11.4. The van der Waals surface area contributed by atoms with Crippen molar-refractivity contribution in [3.05, 3.63) is 12.2 Å². The molecular formula is C10H14O. The summed E-state index contributed by atoms with van der Waals surface area (Å²) in [6.45, 7) is 4.42. The molecule has 0 saturated heterocycles. The van der Waals surface area contributed by atoms with Crippen molar-refractivity contribution in [1.29, 1.82) is 0 Å². The zero-order valence-corrected chi connectivity index (χ0v) is 7.13. The van der Waals surface area contributed by atoms with Gasteiger partial charge in [-0.05, 0) is 30.3 Å². The Kier molecular flexibility index (Phi) is 1.26. The van der Waals surface area contributed by atoms with Crippen molar-refractivity contribution in [2.24, 2.45) is 17.3 Å². The minimum Gasteiger partial charge on any atom is -0.295 e. The van der Waals surface area contributed by atoms with E-state index in [9.17, 15) is 4.79 Å². The van der Waals surface area contributed by atoms with E-state index in [2.05, 4.69) is 13.8 Å². The molecule has 11 heavy (non-hydrogen) atoms. The molecule has 0 N–H and O–H groups in total. The highest BCUT2D eigenvalue weighted by molar-refractivity contribution is 5.95. The lowest BCUT2D eigenvalue weighted by Gasteiger charge is -2.01. The molecule has 2 rings (SSSR count). The molecule has 0 aromatic rings. The van der Waals surface area contributed by atoms with E-state index in [1.54, 1.807) is 6.08 Å². The number of fused-ring (bicyclic) bond motifs is 1. The van der Waals surface area contributed by atoms with E-state index in [0.29, 0.717) is 23.0 Å². The fraction of sp³-hybridized carbons (Fsp3) is 0.700. The molecule has 2 unspecified atom stereocenters. The Balaban J connectivity index is 2.23. The summed E-state index contributed by atoms with van der Waals surface area (Å²) in [6, 6.07) is 0. The van der Waals surface area contributed by atoms with Crippen molar-refractivity contribution in [3.63, 3.8) is 0 Å². The number of hydrogen-bond donors (Lipinski definition) is 0. The Morgan fingerprint density at radius 3 is 3.00 bits per heavy atom. The predicted molar refractivity (Wildman–Crippen MR) is 44.1 cm³/mol. The van der Waals surface area contributed by atoms with Gasteiger partial charge in [-0.25, -0.2) is 0 Å². The minimum absolute atomic E-state index is 0.307. The summed E-state index contributed by atoms with van der Waals surface area (Å²) in [4.78, 5) is 11.4. The van der Waals surface area contributed by atoms with Crippen molar-refractivity contribution in [1.82, 2.24) is 0 Å². The van der Waals surface area contributed by atoms with E-state index in [1.165, 1.54) is 6.42 Å². The third-order valence-electron chi connectivity index (χ3n) is 3.28. The molecule has 1 saturated carbocycles. The number of carbonyl (C=O) groups excluding carboxylic acids is 1. The zero-order chi connectivity index (χ0) is 8.06. The molecule has 1 nitrogen and oxygen atoms in total. The maximum Gasteiger partial charge on any atom is 0.159 e. The summed E-state index contributed by atoms with van der Waals surface area (Å²) in [5, 5.41) is 0. The lowest BCUT2D eigenvalue weighted by Crippen LogP contribution is -2.01. The molecule has 1 heteroatoms. The molecule has 2 aliphatic rings. The van der Waals surface area contributed by atoms with Crippen molar-refractivity contribution in [3.8, 4) is 0 Å². The van der Waals surface area contributed by atoms with Gasteiger partial charge in [-0.1, -0.05) is 19.9 Å². The van der Waals surface area contributed by atoms with Gasteiger partial charge in [0.1, 0.15) is 0 Å². The van der Waals surface area contributed by atoms with Gasteiger partial charge in [-0.15, -0.1) is 0 Å². The maximum absolute atomic E-state index is 11.4. The van der Waals surface area contributed by atoms with Crippen LogP contribution in [0.1, 0.15) is 26.7 Å². The molecule has 0 aromatic heterocycles. The second-order valence-corrected chi connectivity index (χ2v) is 4.29. The fourth-order valence-corrected chi connectivity index (χ4v) is 2.43. The molecule has 0 spiro atoms. The summed E-state index contributed by atoms with van der Waals surface area (Å²) in [7, 11) is 0. The fourth-order valence-electron chi connectivity index (χ4n) is 2.43. The summed E-state index contributed by atoms with van der Waals surface area (Å²) >= 11 is 0. The van der Waals surface area contributed by atoms with E-state index < -0.39 is 0 Å². The van der Waals surface area contributed by atoms with Gasteiger partial charge in [0.25, 0.3) is 0 Å². The first kappa shape index (κ1) is 7.08. The van der Waals surface area contributed by atoms with E-state index in [1.807, 2.05) is 6.08 Å². The summed E-state index contributed by atoms with van der Waals surface area (Å²) in [5.41, 5.74) is 0.307. The van der Waals surface area contributed by atoms with Crippen LogP contribution in [0.2, 0.25) is 0 Å². The molecular weight excluding hydrogens is 136 g/mol.